The predicted molar refractivity (Wildman–Crippen MR) is 73.2 cm³/mol. The second-order valence-electron chi connectivity index (χ2n) is 4.55. The maximum Gasteiger partial charge on any atom is 0.303 e. The topological polar surface area (TPSA) is 125 Å². The number of amides is 1. The first-order valence-electron chi connectivity index (χ1n) is 6.47. The number of nitrogens with zero attached hydrogens (tertiary/aromatic N) is 1. The van der Waals surface area contributed by atoms with Crippen molar-refractivity contribution < 1.29 is 19.1 Å². The van der Waals surface area contributed by atoms with E-state index in [1.165, 1.54) is 6.33 Å². The highest BCUT2D eigenvalue weighted by Gasteiger charge is 2.21. The van der Waals surface area contributed by atoms with Crippen LogP contribution in [0, 0.1) is 6.92 Å². The monoisotopic (exact) mass is 293 g/mol. The quantitative estimate of drug-likeness (QED) is 0.677. The maximum atomic E-state index is 12.1. The summed E-state index contributed by atoms with van der Waals surface area (Å²) in [5.74, 6) is -0.979. The van der Waals surface area contributed by atoms with Crippen molar-refractivity contribution in [3.63, 3.8) is 0 Å². The van der Waals surface area contributed by atoms with Gasteiger partial charge in [0.15, 0.2) is 0 Å². The number of rotatable bonds is 6. The molecule has 8 heteroatoms. The van der Waals surface area contributed by atoms with E-state index in [4.69, 9.17) is 9.52 Å². The summed E-state index contributed by atoms with van der Waals surface area (Å²) in [4.78, 5) is 40.5. The summed E-state index contributed by atoms with van der Waals surface area (Å²) in [6.45, 7) is 1.91. The lowest BCUT2D eigenvalue weighted by atomic mass is 10.1. The molecule has 0 aromatic carbocycles. The number of hydrogen-bond acceptors (Lipinski definition) is 5. The highest BCUT2D eigenvalue weighted by molar-refractivity contribution is 6.06. The maximum absolute atomic E-state index is 12.1. The van der Waals surface area contributed by atoms with E-state index in [-0.39, 0.29) is 23.1 Å². The van der Waals surface area contributed by atoms with Gasteiger partial charge in [0.2, 0.25) is 5.71 Å². The molecule has 2 rings (SSSR count). The number of aryl methyl sites for hydroxylation is 1. The van der Waals surface area contributed by atoms with Gasteiger partial charge in [0.05, 0.1) is 11.9 Å². The molecule has 0 bridgehead atoms. The lowest BCUT2D eigenvalue weighted by molar-refractivity contribution is -0.137. The molecular formula is C13H15N3O5. The Labute approximate surface area is 119 Å². The van der Waals surface area contributed by atoms with Crippen LogP contribution in [0.15, 0.2) is 15.5 Å². The fraction of sp³-hybridized carbons (Fsp3) is 0.385. The van der Waals surface area contributed by atoms with Crippen molar-refractivity contribution >= 4 is 23.0 Å². The largest absolute Gasteiger partial charge is 0.481 e. The number of aromatic amines is 1. The Kier molecular flexibility index (Phi) is 4.36. The molecule has 2 aromatic heterocycles. The molecule has 112 valence electrons. The van der Waals surface area contributed by atoms with E-state index in [9.17, 15) is 14.4 Å². The Morgan fingerprint density at radius 2 is 2.19 bits per heavy atom. The molecule has 1 amide bonds. The molecule has 3 N–H and O–H groups in total. The van der Waals surface area contributed by atoms with Gasteiger partial charge in [-0.25, -0.2) is 4.98 Å². The fourth-order valence-corrected chi connectivity index (χ4v) is 2.02. The number of fused-ring (bicyclic) bond motifs is 1. The molecule has 21 heavy (non-hydrogen) atoms. The van der Waals surface area contributed by atoms with Crippen molar-refractivity contribution in [1.29, 1.82) is 0 Å². The number of aliphatic carboxylic acids is 1. The zero-order valence-corrected chi connectivity index (χ0v) is 11.4. The van der Waals surface area contributed by atoms with Crippen molar-refractivity contribution in [2.75, 3.05) is 6.54 Å². The molecule has 2 heterocycles. The molecule has 0 saturated heterocycles. The van der Waals surface area contributed by atoms with E-state index in [0.29, 0.717) is 25.1 Å². The number of hydrogen-bond donors (Lipinski definition) is 3. The highest BCUT2D eigenvalue weighted by Crippen LogP contribution is 2.20. The Balaban J connectivity index is 2.08. The molecule has 0 atom stereocenters. The van der Waals surface area contributed by atoms with Crippen molar-refractivity contribution in [3.05, 3.63) is 28.0 Å². The van der Waals surface area contributed by atoms with Crippen LogP contribution in [0.1, 0.15) is 35.4 Å². The van der Waals surface area contributed by atoms with E-state index in [1.807, 2.05) is 0 Å². The fourth-order valence-electron chi connectivity index (χ4n) is 2.02. The van der Waals surface area contributed by atoms with E-state index in [1.54, 1.807) is 6.92 Å². The van der Waals surface area contributed by atoms with Crippen molar-refractivity contribution in [2.45, 2.75) is 26.2 Å². The van der Waals surface area contributed by atoms with Crippen LogP contribution in [0.5, 0.6) is 0 Å². The number of nitrogens with one attached hydrogen (secondary N) is 2. The minimum absolute atomic E-state index is 0.0626. The molecule has 8 nitrogen and oxygen atoms in total. The molecule has 0 radical (unpaired) electrons. The zero-order valence-electron chi connectivity index (χ0n) is 11.4. The third-order valence-electron chi connectivity index (χ3n) is 3.00. The van der Waals surface area contributed by atoms with Crippen molar-refractivity contribution in [2.24, 2.45) is 0 Å². The van der Waals surface area contributed by atoms with Crippen LogP contribution in [0.2, 0.25) is 0 Å². The molecule has 0 aliphatic rings. The SMILES string of the molecule is Cc1oc2nc[nH]c(=O)c2c1C(=O)NCCCCC(=O)O. The van der Waals surface area contributed by atoms with E-state index in [2.05, 4.69) is 15.3 Å². The summed E-state index contributed by atoms with van der Waals surface area (Å²) in [7, 11) is 0. The summed E-state index contributed by atoms with van der Waals surface area (Å²) in [6.07, 6.45) is 2.29. The van der Waals surface area contributed by atoms with Gasteiger partial charge in [-0.2, -0.15) is 0 Å². The molecule has 0 unspecified atom stereocenters. The van der Waals surface area contributed by atoms with Gasteiger partial charge in [0, 0.05) is 13.0 Å². The smallest absolute Gasteiger partial charge is 0.303 e. The number of carbonyl (C=O) groups is 2. The number of furan rings is 1. The number of carbonyl (C=O) groups excluding carboxylic acids is 1. The van der Waals surface area contributed by atoms with Crippen LogP contribution in [0.4, 0.5) is 0 Å². The number of carboxylic acids is 1. The number of carboxylic acid groups (broad SMARTS) is 1. The van der Waals surface area contributed by atoms with Gasteiger partial charge < -0.3 is 19.8 Å². The molecular weight excluding hydrogens is 278 g/mol. The molecule has 0 spiro atoms. The van der Waals surface area contributed by atoms with Crippen LogP contribution in [-0.2, 0) is 4.79 Å². The first-order chi connectivity index (χ1) is 10.0. The first kappa shape index (κ1) is 14.8. The molecule has 0 fully saturated rings. The Bertz CT molecular complexity index is 731. The third-order valence-corrected chi connectivity index (χ3v) is 3.00. The van der Waals surface area contributed by atoms with Crippen LogP contribution in [-0.4, -0.2) is 33.5 Å². The number of unbranched alkanes of at least 4 members (excludes halogenated alkanes) is 1. The van der Waals surface area contributed by atoms with Crippen molar-refractivity contribution in [3.8, 4) is 0 Å². The van der Waals surface area contributed by atoms with Crippen LogP contribution >= 0.6 is 0 Å². The number of aromatic nitrogens is 2. The Hall–Kier alpha value is -2.64. The van der Waals surface area contributed by atoms with E-state index in [0.717, 1.165) is 0 Å². The summed E-state index contributed by atoms with van der Waals surface area (Å²) in [5.41, 5.74) is -0.155. The zero-order chi connectivity index (χ0) is 15.4. The van der Waals surface area contributed by atoms with Gasteiger partial charge in [-0.05, 0) is 19.8 Å². The summed E-state index contributed by atoms with van der Waals surface area (Å²) in [5, 5.41) is 11.3. The predicted octanol–water partition coefficient (Wildman–Crippen LogP) is 0.809. The number of H-pyrrole nitrogens is 1. The summed E-state index contributed by atoms with van der Waals surface area (Å²) < 4.78 is 5.29. The third kappa shape index (κ3) is 3.28. The summed E-state index contributed by atoms with van der Waals surface area (Å²) >= 11 is 0. The van der Waals surface area contributed by atoms with Gasteiger partial charge in [-0.1, -0.05) is 0 Å². The van der Waals surface area contributed by atoms with Crippen molar-refractivity contribution in [1.82, 2.24) is 15.3 Å². The van der Waals surface area contributed by atoms with Gasteiger partial charge in [-0.15, -0.1) is 0 Å². The first-order valence-corrected chi connectivity index (χ1v) is 6.47. The van der Waals surface area contributed by atoms with Gasteiger partial charge in [0.25, 0.3) is 11.5 Å². The molecule has 0 aliphatic carbocycles. The van der Waals surface area contributed by atoms with Gasteiger partial charge in [0.1, 0.15) is 11.1 Å². The Morgan fingerprint density at radius 3 is 2.90 bits per heavy atom. The average molecular weight is 293 g/mol. The second kappa shape index (κ2) is 6.21. The average Bonchev–Trinajstić information content (AvgIpc) is 2.75. The lowest BCUT2D eigenvalue weighted by Gasteiger charge is -2.03. The molecule has 2 aromatic rings. The normalized spacial score (nSPS) is 10.7. The van der Waals surface area contributed by atoms with E-state index >= 15 is 0 Å². The highest BCUT2D eigenvalue weighted by atomic mass is 16.4. The van der Waals surface area contributed by atoms with Gasteiger partial charge >= 0.3 is 5.97 Å². The Morgan fingerprint density at radius 1 is 1.43 bits per heavy atom. The minimum Gasteiger partial charge on any atom is -0.481 e. The van der Waals surface area contributed by atoms with Gasteiger partial charge in [-0.3, -0.25) is 14.4 Å². The van der Waals surface area contributed by atoms with Crippen LogP contribution < -0.4 is 10.9 Å². The lowest BCUT2D eigenvalue weighted by Crippen LogP contribution is -2.26. The van der Waals surface area contributed by atoms with Crippen LogP contribution in [0.3, 0.4) is 0 Å². The second-order valence-corrected chi connectivity index (χ2v) is 4.55. The standard InChI is InChI=1S/C13H15N3O5/c1-7-9(10-12(20)15-6-16-13(10)21-7)11(19)14-5-3-2-4-8(17)18/h6H,2-5H2,1H3,(H,14,19)(H,17,18)(H,15,16,20). The molecule has 0 saturated carbocycles. The minimum atomic E-state index is -0.865. The van der Waals surface area contributed by atoms with E-state index < -0.39 is 17.4 Å². The summed E-state index contributed by atoms with van der Waals surface area (Å²) in [6, 6.07) is 0. The molecule has 0 aliphatic heterocycles. The van der Waals surface area contributed by atoms with Crippen LogP contribution in [0.25, 0.3) is 11.1 Å².